The smallest absolute Gasteiger partial charge is 0.346 e. The second kappa shape index (κ2) is 3.86. The molecule has 0 saturated carbocycles. The van der Waals surface area contributed by atoms with E-state index in [4.69, 9.17) is 5.11 Å². The van der Waals surface area contributed by atoms with Crippen LogP contribution in [0.1, 0.15) is 19.8 Å². The molecule has 0 atom stereocenters. The van der Waals surface area contributed by atoms with Gasteiger partial charge in [-0.05, 0) is 24.7 Å². The Morgan fingerprint density at radius 1 is 1.50 bits per heavy atom. The molecule has 0 aliphatic heterocycles. The van der Waals surface area contributed by atoms with Gasteiger partial charge in [-0.15, -0.1) is 10.0 Å². The fourth-order valence-corrected chi connectivity index (χ4v) is 1.78. The zero-order chi connectivity index (χ0) is 8.20. The molecular formula is C7H16O2S. The second-order valence-electron chi connectivity index (χ2n) is 2.86. The highest BCUT2D eigenvalue weighted by atomic mass is 32.3. The van der Waals surface area contributed by atoms with Crippen molar-refractivity contribution in [2.45, 2.75) is 19.8 Å². The van der Waals surface area contributed by atoms with Crippen LogP contribution in [0.5, 0.6) is 0 Å². The molecule has 0 aromatic heterocycles. The topological polar surface area (TPSA) is 37.3 Å². The lowest BCUT2D eigenvalue weighted by Gasteiger charge is -2.24. The second-order valence-corrected chi connectivity index (χ2v) is 6.70. The first-order valence-electron chi connectivity index (χ1n) is 3.44. The summed E-state index contributed by atoms with van der Waals surface area (Å²) in [6.45, 7) is 2.08. The van der Waals surface area contributed by atoms with Gasteiger partial charge < -0.3 is 5.11 Å². The molecule has 0 rings (SSSR count). The number of unbranched alkanes of at least 4 members (excludes halogenated alkanes) is 1. The van der Waals surface area contributed by atoms with Gasteiger partial charge in [-0.1, -0.05) is 13.3 Å². The van der Waals surface area contributed by atoms with E-state index in [1.54, 1.807) is 0 Å². The molecule has 0 aliphatic carbocycles. The van der Waals surface area contributed by atoms with Gasteiger partial charge in [0.1, 0.15) is 0 Å². The summed E-state index contributed by atoms with van der Waals surface area (Å²) in [5, 5.41) is 8.09. The number of carbonyl (C=O) groups is 1. The average molecular weight is 164 g/mol. The van der Waals surface area contributed by atoms with Crippen molar-refractivity contribution >= 4 is 15.3 Å². The van der Waals surface area contributed by atoms with Crippen LogP contribution in [0.15, 0.2) is 0 Å². The first-order valence-corrected chi connectivity index (χ1v) is 6.06. The van der Waals surface area contributed by atoms with Gasteiger partial charge in [-0.25, -0.2) is 4.79 Å². The molecule has 3 heteroatoms. The van der Waals surface area contributed by atoms with Crippen LogP contribution in [0.2, 0.25) is 0 Å². The molecule has 0 spiro atoms. The predicted octanol–water partition coefficient (Wildman–Crippen LogP) is 2.53. The molecule has 0 unspecified atom stereocenters. The minimum absolute atomic E-state index is 0.610. The predicted molar refractivity (Wildman–Crippen MR) is 47.2 cm³/mol. The van der Waals surface area contributed by atoms with E-state index >= 15 is 0 Å². The van der Waals surface area contributed by atoms with Crippen molar-refractivity contribution in [1.82, 2.24) is 0 Å². The van der Waals surface area contributed by atoms with Crippen LogP contribution < -0.4 is 0 Å². The third-order valence-corrected chi connectivity index (χ3v) is 3.74. The fraction of sp³-hybridized carbons (Fsp3) is 0.857. The van der Waals surface area contributed by atoms with E-state index in [1.165, 1.54) is 0 Å². The zero-order valence-electron chi connectivity index (χ0n) is 6.89. The molecule has 0 aromatic carbocycles. The summed E-state index contributed by atoms with van der Waals surface area (Å²) in [4.78, 5) is 10.6. The first-order chi connectivity index (χ1) is 4.50. The van der Waals surface area contributed by atoms with Gasteiger partial charge in [0.2, 0.25) is 0 Å². The molecule has 0 fully saturated rings. The Balaban J connectivity index is 3.75. The summed E-state index contributed by atoms with van der Waals surface area (Å²) in [7, 11) is -1.34. The maximum absolute atomic E-state index is 10.6. The van der Waals surface area contributed by atoms with E-state index < -0.39 is 15.3 Å². The quantitative estimate of drug-likeness (QED) is 0.696. The molecule has 10 heavy (non-hydrogen) atoms. The highest BCUT2D eigenvalue weighted by molar-refractivity contribution is 8.43. The molecule has 0 saturated heterocycles. The van der Waals surface area contributed by atoms with Crippen LogP contribution in [0.3, 0.4) is 0 Å². The minimum Gasteiger partial charge on any atom is -0.474 e. The van der Waals surface area contributed by atoms with Gasteiger partial charge in [0, 0.05) is 0 Å². The normalized spacial score (nSPS) is 13.1. The van der Waals surface area contributed by atoms with Gasteiger partial charge >= 0.3 is 5.30 Å². The van der Waals surface area contributed by atoms with Crippen molar-refractivity contribution in [3.8, 4) is 0 Å². The Labute approximate surface area is 63.9 Å². The van der Waals surface area contributed by atoms with Crippen LogP contribution in [0.25, 0.3) is 0 Å². The maximum atomic E-state index is 10.6. The number of hydrogen-bond donors (Lipinski definition) is 1. The van der Waals surface area contributed by atoms with Gasteiger partial charge in [0.25, 0.3) is 0 Å². The largest absolute Gasteiger partial charge is 0.474 e. The van der Waals surface area contributed by atoms with Crippen LogP contribution in [-0.2, 0) is 0 Å². The number of hydrogen-bond acceptors (Lipinski definition) is 1. The SMILES string of the molecule is CCCCS(C)(C)C(=O)O. The fourth-order valence-electron chi connectivity index (χ4n) is 0.592. The molecular weight excluding hydrogens is 148 g/mol. The summed E-state index contributed by atoms with van der Waals surface area (Å²) in [6.07, 6.45) is 5.83. The lowest BCUT2D eigenvalue weighted by atomic mass is 10.4. The van der Waals surface area contributed by atoms with E-state index in [1.807, 2.05) is 12.5 Å². The molecule has 1 N–H and O–H groups in total. The standard InChI is InChI=1S/C7H16O2S/c1-4-5-6-10(2,3)7(8)9/h4-6H2,1-3H3,(H,8,9). The van der Waals surface area contributed by atoms with Crippen LogP contribution in [0, 0.1) is 0 Å². The molecule has 0 heterocycles. The summed E-state index contributed by atoms with van der Waals surface area (Å²) in [5.74, 6) is 0.860. The van der Waals surface area contributed by atoms with Crippen LogP contribution in [0.4, 0.5) is 4.79 Å². The van der Waals surface area contributed by atoms with Gasteiger partial charge in [-0.2, -0.15) is 0 Å². The van der Waals surface area contributed by atoms with Crippen molar-refractivity contribution in [2.24, 2.45) is 0 Å². The van der Waals surface area contributed by atoms with Crippen molar-refractivity contribution in [1.29, 1.82) is 0 Å². The molecule has 0 aliphatic rings. The monoisotopic (exact) mass is 164 g/mol. The molecule has 0 radical (unpaired) electrons. The van der Waals surface area contributed by atoms with Crippen LogP contribution >= 0.6 is 10.0 Å². The average Bonchev–Trinajstić information content (AvgIpc) is 1.84. The zero-order valence-corrected chi connectivity index (χ0v) is 7.70. The Morgan fingerprint density at radius 2 is 2.00 bits per heavy atom. The molecule has 62 valence electrons. The lowest BCUT2D eigenvalue weighted by molar-refractivity contribution is 0.221. The third kappa shape index (κ3) is 3.11. The van der Waals surface area contributed by atoms with Crippen molar-refractivity contribution < 1.29 is 9.90 Å². The summed E-state index contributed by atoms with van der Waals surface area (Å²) >= 11 is 0. The Morgan fingerprint density at radius 3 is 2.30 bits per heavy atom. The van der Waals surface area contributed by atoms with E-state index in [9.17, 15) is 4.79 Å². The summed E-state index contributed by atoms with van der Waals surface area (Å²) < 4.78 is 0. The highest BCUT2D eigenvalue weighted by Gasteiger charge is 2.19. The third-order valence-electron chi connectivity index (χ3n) is 1.48. The van der Waals surface area contributed by atoms with Gasteiger partial charge in [-0.3, -0.25) is 0 Å². The van der Waals surface area contributed by atoms with Crippen molar-refractivity contribution in [2.75, 3.05) is 18.3 Å². The minimum atomic E-state index is -1.34. The van der Waals surface area contributed by atoms with E-state index in [-0.39, 0.29) is 0 Å². The van der Waals surface area contributed by atoms with Gasteiger partial charge in [0.05, 0.1) is 0 Å². The summed E-state index contributed by atoms with van der Waals surface area (Å²) in [6, 6.07) is 0. The Bertz CT molecular complexity index is 121. The maximum Gasteiger partial charge on any atom is 0.346 e. The molecule has 0 aromatic rings. The summed E-state index contributed by atoms with van der Waals surface area (Å²) in [5.41, 5.74) is 0. The Hall–Kier alpha value is -0.180. The molecule has 0 bridgehead atoms. The van der Waals surface area contributed by atoms with Crippen molar-refractivity contribution in [3.63, 3.8) is 0 Å². The van der Waals surface area contributed by atoms with Crippen LogP contribution in [-0.4, -0.2) is 28.7 Å². The van der Waals surface area contributed by atoms with E-state index in [0.29, 0.717) is 0 Å². The number of carboxylic acid groups (broad SMARTS) is 1. The van der Waals surface area contributed by atoms with Gasteiger partial charge in [0.15, 0.2) is 0 Å². The van der Waals surface area contributed by atoms with E-state index in [0.717, 1.165) is 18.6 Å². The lowest BCUT2D eigenvalue weighted by Crippen LogP contribution is -2.10. The first kappa shape index (κ1) is 9.82. The van der Waals surface area contributed by atoms with E-state index in [2.05, 4.69) is 6.92 Å². The number of rotatable bonds is 3. The van der Waals surface area contributed by atoms with Crippen molar-refractivity contribution in [3.05, 3.63) is 0 Å². The highest BCUT2D eigenvalue weighted by Crippen LogP contribution is 2.40. The molecule has 0 amide bonds. The Kier molecular flexibility index (Phi) is 3.79. The molecule has 2 nitrogen and oxygen atoms in total.